The summed E-state index contributed by atoms with van der Waals surface area (Å²) in [5.41, 5.74) is 4.57. The number of carbonyl (C=O) groups is 1. The Balaban J connectivity index is 2.79. The third-order valence-corrected chi connectivity index (χ3v) is 2.99. The van der Waals surface area contributed by atoms with Crippen LogP contribution in [0.2, 0.25) is 0 Å². The van der Waals surface area contributed by atoms with E-state index in [1.807, 2.05) is 0 Å². The van der Waals surface area contributed by atoms with Crippen molar-refractivity contribution in [2.45, 2.75) is 39.5 Å². The van der Waals surface area contributed by atoms with E-state index in [0.29, 0.717) is 0 Å². The Labute approximate surface area is 116 Å². The summed E-state index contributed by atoms with van der Waals surface area (Å²) >= 11 is 0. The molecule has 6 heteroatoms. The quantitative estimate of drug-likeness (QED) is 0.898. The van der Waals surface area contributed by atoms with Gasteiger partial charge in [0.2, 0.25) is 5.91 Å². The Hall–Kier alpha value is -1.56. The molecule has 0 bridgehead atoms. The second-order valence-electron chi connectivity index (χ2n) is 5.72. The maximum atomic E-state index is 12.8. The number of halogens is 3. The second kappa shape index (κ2) is 5.83. The summed E-state index contributed by atoms with van der Waals surface area (Å²) in [4.78, 5) is 11.8. The van der Waals surface area contributed by atoms with E-state index in [2.05, 4.69) is 5.32 Å². The molecule has 1 aromatic carbocycles. The van der Waals surface area contributed by atoms with E-state index in [4.69, 9.17) is 5.73 Å². The molecule has 112 valence electrons. The van der Waals surface area contributed by atoms with Crippen molar-refractivity contribution in [1.29, 1.82) is 0 Å². The highest BCUT2D eigenvalue weighted by molar-refractivity contribution is 5.82. The molecule has 3 N–H and O–H groups in total. The highest BCUT2D eigenvalue weighted by atomic mass is 19.4. The lowest BCUT2D eigenvalue weighted by Gasteiger charge is -2.26. The molecule has 1 rings (SSSR count). The van der Waals surface area contributed by atoms with Crippen LogP contribution in [0, 0.1) is 5.41 Å². The molecule has 1 amide bonds. The monoisotopic (exact) mass is 288 g/mol. The zero-order valence-electron chi connectivity index (χ0n) is 11.7. The van der Waals surface area contributed by atoms with Crippen molar-refractivity contribution in [3.8, 4) is 0 Å². The average molecular weight is 288 g/mol. The largest absolute Gasteiger partial charge is 0.416 e. The molecule has 0 fully saturated rings. The molecular formula is C14H19F3N2O. The summed E-state index contributed by atoms with van der Waals surface area (Å²) in [5.74, 6) is -0.463. The minimum Gasteiger partial charge on any atom is -0.351 e. The fourth-order valence-electron chi connectivity index (χ4n) is 1.64. The zero-order chi connectivity index (χ0) is 15.6. The van der Waals surface area contributed by atoms with Gasteiger partial charge in [-0.25, -0.2) is 0 Å². The molecule has 0 radical (unpaired) electrons. The third kappa shape index (κ3) is 4.23. The lowest BCUT2D eigenvalue weighted by Crippen LogP contribution is -2.48. The van der Waals surface area contributed by atoms with Gasteiger partial charge in [0.05, 0.1) is 11.6 Å². The van der Waals surface area contributed by atoms with Gasteiger partial charge in [-0.1, -0.05) is 39.0 Å². The van der Waals surface area contributed by atoms with Crippen LogP contribution < -0.4 is 11.1 Å². The van der Waals surface area contributed by atoms with E-state index in [9.17, 15) is 18.0 Å². The molecule has 0 aliphatic rings. The predicted molar refractivity (Wildman–Crippen MR) is 70.7 cm³/mol. The van der Waals surface area contributed by atoms with Crippen LogP contribution in [0.4, 0.5) is 13.2 Å². The van der Waals surface area contributed by atoms with Crippen LogP contribution in [-0.2, 0) is 17.5 Å². The number of hydrogen-bond acceptors (Lipinski definition) is 2. The van der Waals surface area contributed by atoms with E-state index in [1.54, 1.807) is 20.8 Å². The first-order chi connectivity index (χ1) is 9.03. The highest BCUT2D eigenvalue weighted by Gasteiger charge is 2.33. The van der Waals surface area contributed by atoms with Crippen molar-refractivity contribution in [3.63, 3.8) is 0 Å². The van der Waals surface area contributed by atoms with Gasteiger partial charge in [0.1, 0.15) is 0 Å². The first kappa shape index (κ1) is 16.5. The standard InChI is InChI=1S/C14H19F3N2O/c1-13(2,3)11(18)12(20)19-8-9-6-4-5-7-10(9)14(15,16)17/h4-7,11H,8,18H2,1-3H3,(H,19,20)/t11-/m0/s1. The SMILES string of the molecule is CC(C)(C)[C@@H](N)C(=O)NCc1ccccc1C(F)(F)F. The van der Waals surface area contributed by atoms with E-state index >= 15 is 0 Å². The van der Waals surface area contributed by atoms with Crippen LogP contribution >= 0.6 is 0 Å². The first-order valence-electron chi connectivity index (χ1n) is 6.22. The van der Waals surface area contributed by atoms with Crippen molar-refractivity contribution in [2.24, 2.45) is 11.1 Å². The van der Waals surface area contributed by atoms with Gasteiger partial charge in [-0.15, -0.1) is 0 Å². The Bertz CT molecular complexity index is 478. The molecule has 0 saturated carbocycles. The number of carbonyl (C=O) groups excluding carboxylic acids is 1. The van der Waals surface area contributed by atoms with E-state index in [1.165, 1.54) is 18.2 Å². The Morgan fingerprint density at radius 2 is 1.80 bits per heavy atom. The molecule has 0 aromatic heterocycles. The maximum absolute atomic E-state index is 12.8. The summed E-state index contributed by atoms with van der Waals surface area (Å²) in [7, 11) is 0. The first-order valence-corrected chi connectivity index (χ1v) is 6.22. The van der Waals surface area contributed by atoms with Crippen LogP contribution in [0.5, 0.6) is 0 Å². The summed E-state index contributed by atoms with van der Waals surface area (Å²) in [6.45, 7) is 5.18. The van der Waals surface area contributed by atoms with Crippen molar-refractivity contribution in [1.82, 2.24) is 5.32 Å². The number of hydrogen-bond donors (Lipinski definition) is 2. The van der Waals surface area contributed by atoms with Gasteiger partial charge in [0.15, 0.2) is 0 Å². The number of amides is 1. The van der Waals surface area contributed by atoms with Gasteiger partial charge >= 0.3 is 6.18 Å². The average Bonchev–Trinajstić information content (AvgIpc) is 2.33. The van der Waals surface area contributed by atoms with E-state index in [-0.39, 0.29) is 12.1 Å². The summed E-state index contributed by atoms with van der Waals surface area (Å²) in [6.07, 6.45) is -4.44. The third-order valence-electron chi connectivity index (χ3n) is 2.99. The molecule has 0 spiro atoms. The van der Waals surface area contributed by atoms with Crippen molar-refractivity contribution < 1.29 is 18.0 Å². The molecule has 0 heterocycles. The number of nitrogens with two attached hydrogens (primary N) is 1. The molecule has 0 unspecified atom stereocenters. The fourth-order valence-corrected chi connectivity index (χ4v) is 1.64. The molecular weight excluding hydrogens is 269 g/mol. The maximum Gasteiger partial charge on any atom is 0.416 e. The Morgan fingerprint density at radius 1 is 1.25 bits per heavy atom. The molecule has 20 heavy (non-hydrogen) atoms. The number of alkyl halides is 3. The van der Waals surface area contributed by atoms with Crippen LogP contribution in [0.25, 0.3) is 0 Å². The van der Waals surface area contributed by atoms with Gasteiger partial charge in [0, 0.05) is 6.54 Å². The van der Waals surface area contributed by atoms with Crippen LogP contribution in [0.3, 0.4) is 0 Å². The summed E-state index contributed by atoms with van der Waals surface area (Å²) < 4.78 is 38.3. The van der Waals surface area contributed by atoms with Gasteiger partial charge in [0.25, 0.3) is 0 Å². The van der Waals surface area contributed by atoms with Crippen LogP contribution in [0.15, 0.2) is 24.3 Å². The van der Waals surface area contributed by atoms with Gasteiger partial charge < -0.3 is 11.1 Å². The van der Waals surface area contributed by atoms with Crippen molar-refractivity contribution in [2.75, 3.05) is 0 Å². The summed E-state index contributed by atoms with van der Waals surface area (Å²) in [5, 5.41) is 2.45. The van der Waals surface area contributed by atoms with Crippen LogP contribution in [-0.4, -0.2) is 11.9 Å². The van der Waals surface area contributed by atoms with Crippen LogP contribution in [0.1, 0.15) is 31.9 Å². The molecule has 1 atom stereocenters. The normalized spacial score (nSPS) is 13.9. The number of benzene rings is 1. The molecule has 0 saturated heterocycles. The van der Waals surface area contributed by atoms with Gasteiger partial charge in [-0.05, 0) is 17.0 Å². The van der Waals surface area contributed by atoms with Crippen molar-refractivity contribution in [3.05, 3.63) is 35.4 Å². The molecule has 1 aromatic rings. The molecule has 3 nitrogen and oxygen atoms in total. The molecule has 0 aliphatic heterocycles. The zero-order valence-corrected chi connectivity index (χ0v) is 11.7. The Kier molecular flexibility index (Phi) is 4.81. The van der Waals surface area contributed by atoms with Gasteiger partial charge in [-0.3, -0.25) is 4.79 Å². The van der Waals surface area contributed by atoms with Gasteiger partial charge in [-0.2, -0.15) is 13.2 Å². The minimum atomic E-state index is -4.44. The minimum absolute atomic E-state index is 0.0226. The van der Waals surface area contributed by atoms with E-state index in [0.717, 1.165) is 6.07 Å². The second-order valence-corrected chi connectivity index (χ2v) is 5.72. The fraction of sp³-hybridized carbons (Fsp3) is 0.500. The van der Waals surface area contributed by atoms with E-state index < -0.39 is 29.1 Å². The number of nitrogens with one attached hydrogen (secondary N) is 1. The Morgan fingerprint density at radius 3 is 2.30 bits per heavy atom. The smallest absolute Gasteiger partial charge is 0.351 e. The predicted octanol–water partition coefficient (Wildman–Crippen LogP) is 2.70. The lowest BCUT2D eigenvalue weighted by molar-refractivity contribution is -0.138. The number of rotatable bonds is 3. The summed E-state index contributed by atoms with van der Waals surface area (Å²) in [6, 6.07) is 4.37. The lowest BCUT2D eigenvalue weighted by atomic mass is 9.87. The topological polar surface area (TPSA) is 55.1 Å². The molecule has 0 aliphatic carbocycles. The highest BCUT2D eigenvalue weighted by Crippen LogP contribution is 2.31. The van der Waals surface area contributed by atoms with Crippen molar-refractivity contribution >= 4 is 5.91 Å².